The minimum absolute atomic E-state index is 0.104. The molecule has 0 saturated heterocycles. The van der Waals surface area contributed by atoms with Gasteiger partial charge in [0.15, 0.2) is 11.5 Å². The highest BCUT2D eigenvalue weighted by atomic mass is 16.6. The van der Waals surface area contributed by atoms with E-state index in [9.17, 15) is 19.2 Å². The van der Waals surface area contributed by atoms with Crippen LogP contribution in [0.15, 0.2) is 41.2 Å². The molecule has 11 heteroatoms. The zero-order valence-electron chi connectivity index (χ0n) is 22.2. The van der Waals surface area contributed by atoms with Crippen molar-refractivity contribution in [2.24, 2.45) is 0 Å². The first kappa shape index (κ1) is 28.0. The van der Waals surface area contributed by atoms with Crippen LogP contribution < -0.4 is 31.0 Å². The Bertz CT molecular complexity index is 1420. The van der Waals surface area contributed by atoms with E-state index in [0.717, 1.165) is 0 Å². The predicted molar refractivity (Wildman–Crippen MR) is 143 cm³/mol. The number of anilines is 1. The average molecular weight is 525 g/mol. The Morgan fingerprint density at radius 1 is 0.895 bits per heavy atom. The highest BCUT2D eigenvalue weighted by Gasteiger charge is 2.17. The number of carbonyl (C=O) groups is 3. The molecular weight excluding hydrogens is 492 g/mol. The van der Waals surface area contributed by atoms with Gasteiger partial charge in [0, 0.05) is 35.8 Å². The number of H-pyrrole nitrogens is 1. The number of alkyl carbamates (subject to hydrolysis) is 1. The summed E-state index contributed by atoms with van der Waals surface area (Å²) in [6.07, 6.45) is -0.576. The van der Waals surface area contributed by atoms with Crippen LogP contribution in [0.25, 0.3) is 10.9 Å². The van der Waals surface area contributed by atoms with E-state index < -0.39 is 29.1 Å². The Morgan fingerprint density at radius 3 is 2.21 bits per heavy atom. The number of hydrogen-bond acceptors (Lipinski definition) is 7. The van der Waals surface area contributed by atoms with Crippen LogP contribution in [0.1, 0.15) is 47.1 Å². The van der Waals surface area contributed by atoms with Crippen molar-refractivity contribution >= 4 is 34.5 Å². The Labute approximate surface area is 219 Å². The Balaban J connectivity index is 1.71. The summed E-state index contributed by atoms with van der Waals surface area (Å²) in [6.45, 7) is 7.39. The number of pyridine rings is 1. The van der Waals surface area contributed by atoms with E-state index in [1.165, 1.54) is 26.4 Å². The van der Waals surface area contributed by atoms with Gasteiger partial charge in [-0.1, -0.05) is 6.07 Å². The minimum Gasteiger partial charge on any atom is -0.493 e. The molecule has 202 valence electrons. The molecule has 3 aromatic rings. The van der Waals surface area contributed by atoms with Crippen molar-refractivity contribution in [2.75, 3.05) is 32.6 Å². The van der Waals surface area contributed by atoms with Crippen LogP contribution in [0.4, 0.5) is 10.5 Å². The smallest absolute Gasteiger partial charge is 0.407 e. The third-order valence-corrected chi connectivity index (χ3v) is 5.42. The number of rotatable bonds is 8. The van der Waals surface area contributed by atoms with Crippen molar-refractivity contribution in [3.8, 4) is 11.5 Å². The number of ether oxygens (including phenoxy) is 3. The summed E-state index contributed by atoms with van der Waals surface area (Å²) >= 11 is 0. The summed E-state index contributed by atoms with van der Waals surface area (Å²) in [7, 11) is 2.98. The molecule has 0 aliphatic heterocycles. The van der Waals surface area contributed by atoms with E-state index in [1.807, 2.05) is 0 Å². The third kappa shape index (κ3) is 7.02. The molecule has 3 amide bonds. The first-order valence-corrected chi connectivity index (χ1v) is 11.9. The van der Waals surface area contributed by atoms with Gasteiger partial charge in [-0.3, -0.25) is 14.4 Å². The van der Waals surface area contributed by atoms with Gasteiger partial charge in [-0.15, -0.1) is 0 Å². The zero-order chi connectivity index (χ0) is 28.0. The molecule has 38 heavy (non-hydrogen) atoms. The molecule has 0 fully saturated rings. The molecule has 11 nitrogen and oxygen atoms in total. The van der Waals surface area contributed by atoms with Crippen molar-refractivity contribution in [1.82, 2.24) is 15.6 Å². The maximum atomic E-state index is 13.0. The fourth-order valence-electron chi connectivity index (χ4n) is 3.55. The molecule has 1 heterocycles. The normalized spacial score (nSPS) is 11.0. The van der Waals surface area contributed by atoms with Gasteiger partial charge in [-0.25, -0.2) is 4.79 Å². The number of aromatic amines is 1. The van der Waals surface area contributed by atoms with Crippen LogP contribution in [0, 0.1) is 6.92 Å². The number of benzene rings is 2. The molecular formula is C27H32N4O7. The van der Waals surface area contributed by atoms with Crippen LogP contribution in [0.3, 0.4) is 0 Å². The van der Waals surface area contributed by atoms with Gasteiger partial charge in [0.25, 0.3) is 17.4 Å². The number of amides is 3. The van der Waals surface area contributed by atoms with Crippen molar-refractivity contribution in [2.45, 2.75) is 33.3 Å². The summed E-state index contributed by atoms with van der Waals surface area (Å²) in [5.74, 6) is -0.130. The lowest BCUT2D eigenvalue weighted by Crippen LogP contribution is -2.37. The first-order valence-electron chi connectivity index (χ1n) is 11.9. The topological polar surface area (TPSA) is 148 Å². The summed E-state index contributed by atoms with van der Waals surface area (Å²) < 4.78 is 15.7. The summed E-state index contributed by atoms with van der Waals surface area (Å²) in [6, 6.07) is 9.57. The standard InChI is InChI=1S/C27H32N4O7/c1-15-7-8-16(23(32)28-9-10-29-26(35)38-27(2,3)4)12-19(15)30-24(33)18-11-17-13-21(36-5)22(37-6)14-20(17)31-25(18)34/h7-8,11-14H,9-10H2,1-6H3,(H,28,32)(H,29,35)(H,30,33)(H,31,34). The SMILES string of the molecule is COc1cc2cc(C(=O)Nc3cc(C(=O)NCCNC(=O)OC(C)(C)C)ccc3C)c(=O)[nH]c2cc1OC. The number of methoxy groups -OCH3 is 2. The zero-order valence-corrected chi connectivity index (χ0v) is 22.2. The summed E-state index contributed by atoms with van der Waals surface area (Å²) in [4.78, 5) is 52.7. The number of aryl methyl sites for hydroxylation is 1. The third-order valence-electron chi connectivity index (χ3n) is 5.42. The second-order valence-electron chi connectivity index (χ2n) is 9.47. The van der Waals surface area contributed by atoms with Gasteiger partial charge in [0.2, 0.25) is 0 Å². The van der Waals surface area contributed by atoms with E-state index in [4.69, 9.17) is 14.2 Å². The fraction of sp³-hybridized carbons (Fsp3) is 0.333. The molecule has 0 atom stereocenters. The minimum atomic E-state index is -0.634. The van der Waals surface area contributed by atoms with E-state index in [1.54, 1.807) is 52.0 Å². The molecule has 3 rings (SSSR count). The lowest BCUT2D eigenvalue weighted by molar-refractivity contribution is 0.0526. The Morgan fingerprint density at radius 2 is 1.55 bits per heavy atom. The number of carbonyl (C=O) groups excluding carboxylic acids is 3. The molecule has 0 aliphatic rings. The number of hydrogen-bond donors (Lipinski definition) is 4. The molecule has 4 N–H and O–H groups in total. The monoisotopic (exact) mass is 524 g/mol. The molecule has 0 unspecified atom stereocenters. The fourth-order valence-corrected chi connectivity index (χ4v) is 3.55. The Kier molecular flexibility index (Phi) is 8.61. The summed E-state index contributed by atoms with van der Waals surface area (Å²) in [5, 5.41) is 8.56. The van der Waals surface area contributed by atoms with Gasteiger partial charge < -0.3 is 35.1 Å². The largest absolute Gasteiger partial charge is 0.493 e. The number of fused-ring (bicyclic) bond motifs is 1. The van der Waals surface area contributed by atoms with Gasteiger partial charge in [-0.05, 0) is 57.5 Å². The van der Waals surface area contributed by atoms with Gasteiger partial charge in [0.1, 0.15) is 11.2 Å². The van der Waals surface area contributed by atoms with E-state index in [2.05, 4.69) is 20.9 Å². The second-order valence-corrected chi connectivity index (χ2v) is 9.47. The van der Waals surface area contributed by atoms with Crippen LogP contribution in [0.2, 0.25) is 0 Å². The second kappa shape index (κ2) is 11.7. The maximum absolute atomic E-state index is 13.0. The predicted octanol–water partition coefficient (Wildman–Crippen LogP) is 3.36. The lowest BCUT2D eigenvalue weighted by atomic mass is 10.1. The van der Waals surface area contributed by atoms with Crippen LogP contribution in [-0.2, 0) is 4.74 Å². The van der Waals surface area contributed by atoms with E-state index in [0.29, 0.717) is 39.2 Å². The molecule has 2 aromatic carbocycles. The number of nitrogens with one attached hydrogen (secondary N) is 4. The van der Waals surface area contributed by atoms with Crippen molar-refractivity contribution in [1.29, 1.82) is 0 Å². The molecule has 0 bridgehead atoms. The molecule has 1 aromatic heterocycles. The van der Waals surface area contributed by atoms with E-state index in [-0.39, 0.29) is 18.7 Å². The van der Waals surface area contributed by atoms with Crippen molar-refractivity contribution < 1.29 is 28.6 Å². The van der Waals surface area contributed by atoms with Gasteiger partial charge >= 0.3 is 6.09 Å². The average Bonchev–Trinajstić information content (AvgIpc) is 2.85. The van der Waals surface area contributed by atoms with Crippen LogP contribution in [0.5, 0.6) is 11.5 Å². The highest BCUT2D eigenvalue weighted by Crippen LogP contribution is 2.31. The molecule has 0 radical (unpaired) electrons. The maximum Gasteiger partial charge on any atom is 0.407 e. The van der Waals surface area contributed by atoms with Crippen LogP contribution >= 0.6 is 0 Å². The summed E-state index contributed by atoms with van der Waals surface area (Å²) in [5.41, 5.74) is 0.561. The number of aromatic nitrogens is 1. The quantitative estimate of drug-likeness (QED) is 0.330. The molecule has 0 saturated carbocycles. The Hall–Kier alpha value is -4.54. The first-order chi connectivity index (χ1) is 17.9. The van der Waals surface area contributed by atoms with E-state index >= 15 is 0 Å². The van der Waals surface area contributed by atoms with Crippen molar-refractivity contribution in [3.63, 3.8) is 0 Å². The highest BCUT2D eigenvalue weighted by molar-refractivity contribution is 6.07. The van der Waals surface area contributed by atoms with Gasteiger partial charge in [-0.2, -0.15) is 0 Å². The molecule has 0 spiro atoms. The van der Waals surface area contributed by atoms with Gasteiger partial charge in [0.05, 0.1) is 19.7 Å². The van der Waals surface area contributed by atoms with Crippen LogP contribution in [-0.4, -0.2) is 55.8 Å². The molecule has 0 aliphatic carbocycles. The lowest BCUT2D eigenvalue weighted by Gasteiger charge is -2.19. The van der Waals surface area contributed by atoms with Crippen molar-refractivity contribution in [3.05, 3.63) is 63.4 Å².